The lowest BCUT2D eigenvalue weighted by atomic mass is 9.96. The third-order valence-corrected chi connectivity index (χ3v) is 4.51. The fraction of sp³-hybridized carbons (Fsp3) is 0.529. The standard InChI is InChI=1S/C17H24N4O3/c1-23-15(24-2)11-18-16(22)12-7-9-21(10-8-12)17-19-13-5-3-4-6-14(13)20-17/h3-6,12,15H,7-11H2,1-2H3,(H,18,22)(H,19,20). The Hall–Kier alpha value is -2.12. The summed E-state index contributed by atoms with van der Waals surface area (Å²) in [6.45, 7) is 2.00. The Labute approximate surface area is 141 Å². The van der Waals surface area contributed by atoms with Gasteiger partial charge in [-0.25, -0.2) is 4.98 Å². The van der Waals surface area contributed by atoms with Crippen molar-refractivity contribution in [2.45, 2.75) is 19.1 Å². The highest BCUT2D eigenvalue weighted by Crippen LogP contribution is 2.23. The zero-order chi connectivity index (χ0) is 16.9. The zero-order valence-corrected chi connectivity index (χ0v) is 14.1. The molecule has 130 valence electrons. The van der Waals surface area contributed by atoms with Crippen molar-refractivity contribution in [1.82, 2.24) is 15.3 Å². The SMILES string of the molecule is COC(CNC(=O)C1CCN(c2nc3ccccc3[nH]2)CC1)OC. The van der Waals surface area contributed by atoms with Crippen LogP contribution in [0.25, 0.3) is 11.0 Å². The lowest BCUT2D eigenvalue weighted by molar-refractivity contribution is -0.131. The van der Waals surface area contributed by atoms with Gasteiger partial charge in [0.05, 0.1) is 17.6 Å². The lowest BCUT2D eigenvalue weighted by Gasteiger charge is -2.31. The summed E-state index contributed by atoms with van der Waals surface area (Å²) in [7, 11) is 3.12. The fourth-order valence-corrected chi connectivity index (χ4v) is 3.03. The third kappa shape index (κ3) is 3.68. The Morgan fingerprint density at radius 1 is 1.33 bits per heavy atom. The van der Waals surface area contributed by atoms with E-state index >= 15 is 0 Å². The summed E-state index contributed by atoms with van der Waals surface area (Å²) in [5.41, 5.74) is 2.01. The van der Waals surface area contributed by atoms with E-state index in [4.69, 9.17) is 9.47 Å². The van der Waals surface area contributed by atoms with Crippen LogP contribution in [0, 0.1) is 5.92 Å². The molecule has 0 atom stereocenters. The van der Waals surface area contributed by atoms with E-state index in [2.05, 4.69) is 20.2 Å². The van der Waals surface area contributed by atoms with Crippen LogP contribution in [0.5, 0.6) is 0 Å². The van der Waals surface area contributed by atoms with Crippen molar-refractivity contribution >= 4 is 22.9 Å². The molecule has 1 amide bonds. The first-order valence-corrected chi connectivity index (χ1v) is 8.24. The Kier molecular flexibility index (Phi) is 5.32. The lowest BCUT2D eigenvalue weighted by Crippen LogP contribution is -2.43. The van der Waals surface area contributed by atoms with Gasteiger partial charge in [0.25, 0.3) is 0 Å². The van der Waals surface area contributed by atoms with E-state index in [-0.39, 0.29) is 11.8 Å². The summed E-state index contributed by atoms with van der Waals surface area (Å²) in [5, 5.41) is 2.90. The number of nitrogens with one attached hydrogen (secondary N) is 2. The largest absolute Gasteiger partial charge is 0.354 e. The topological polar surface area (TPSA) is 79.5 Å². The molecule has 7 heteroatoms. The number of aromatic amines is 1. The second-order valence-electron chi connectivity index (χ2n) is 5.98. The minimum atomic E-state index is -0.399. The van der Waals surface area contributed by atoms with Crippen LogP contribution in [0.1, 0.15) is 12.8 Å². The quantitative estimate of drug-likeness (QED) is 0.784. The van der Waals surface area contributed by atoms with Gasteiger partial charge in [0, 0.05) is 33.2 Å². The first-order valence-electron chi connectivity index (χ1n) is 8.24. The van der Waals surface area contributed by atoms with E-state index in [1.54, 1.807) is 14.2 Å². The maximum absolute atomic E-state index is 12.3. The molecule has 1 aliphatic rings. The van der Waals surface area contributed by atoms with E-state index in [9.17, 15) is 4.79 Å². The molecule has 24 heavy (non-hydrogen) atoms. The predicted molar refractivity (Wildman–Crippen MR) is 91.8 cm³/mol. The molecule has 1 aliphatic heterocycles. The van der Waals surface area contributed by atoms with Crippen molar-refractivity contribution in [1.29, 1.82) is 0 Å². The van der Waals surface area contributed by atoms with Crippen LogP contribution in [-0.2, 0) is 14.3 Å². The van der Waals surface area contributed by atoms with Crippen molar-refractivity contribution in [2.24, 2.45) is 5.92 Å². The van der Waals surface area contributed by atoms with Gasteiger partial charge in [-0.2, -0.15) is 0 Å². The molecule has 1 saturated heterocycles. The molecule has 0 bridgehead atoms. The van der Waals surface area contributed by atoms with Crippen molar-refractivity contribution in [2.75, 3.05) is 38.8 Å². The van der Waals surface area contributed by atoms with Crippen LogP contribution < -0.4 is 10.2 Å². The average Bonchev–Trinajstić information content (AvgIpc) is 3.06. The predicted octanol–water partition coefficient (Wildman–Crippen LogP) is 1.51. The van der Waals surface area contributed by atoms with Crippen molar-refractivity contribution in [3.63, 3.8) is 0 Å². The maximum Gasteiger partial charge on any atom is 0.223 e. The van der Waals surface area contributed by atoms with Gasteiger partial charge < -0.3 is 24.7 Å². The molecule has 2 heterocycles. The molecular weight excluding hydrogens is 308 g/mol. The van der Waals surface area contributed by atoms with E-state index in [1.165, 1.54) is 0 Å². The van der Waals surface area contributed by atoms with Gasteiger partial charge >= 0.3 is 0 Å². The van der Waals surface area contributed by atoms with Crippen molar-refractivity contribution in [3.05, 3.63) is 24.3 Å². The number of anilines is 1. The first-order chi connectivity index (χ1) is 11.7. The van der Waals surface area contributed by atoms with Gasteiger partial charge in [-0.1, -0.05) is 12.1 Å². The Bertz CT molecular complexity index is 642. The number of H-pyrrole nitrogens is 1. The molecule has 2 N–H and O–H groups in total. The second-order valence-corrected chi connectivity index (χ2v) is 5.98. The van der Waals surface area contributed by atoms with Gasteiger partial charge in [-0.15, -0.1) is 0 Å². The maximum atomic E-state index is 12.3. The number of benzene rings is 1. The van der Waals surface area contributed by atoms with Gasteiger partial charge in [-0.3, -0.25) is 4.79 Å². The van der Waals surface area contributed by atoms with Crippen LogP contribution >= 0.6 is 0 Å². The van der Waals surface area contributed by atoms with Crippen LogP contribution in [0.2, 0.25) is 0 Å². The van der Waals surface area contributed by atoms with Crippen LogP contribution in [0.15, 0.2) is 24.3 Å². The Balaban J connectivity index is 1.52. The summed E-state index contributed by atoms with van der Waals surface area (Å²) < 4.78 is 10.2. The number of aromatic nitrogens is 2. The number of nitrogens with zero attached hydrogens (tertiary/aromatic N) is 2. The second kappa shape index (κ2) is 7.63. The number of piperidine rings is 1. The van der Waals surface area contributed by atoms with Crippen molar-refractivity contribution < 1.29 is 14.3 Å². The number of hydrogen-bond donors (Lipinski definition) is 2. The molecule has 0 spiro atoms. The highest BCUT2D eigenvalue weighted by Gasteiger charge is 2.26. The zero-order valence-electron chi connectivity index (χ0n) is 14.1. The number of para-hydroxylation sites is 2. The number of amides is 1. The monoisotopic (exact) mass is 332 g/mol. The number of carbonyl (C=O) groups excluding carboxylic acids is 1. The summed E-state index contributed by atoms with van der Waals surface area (Å²) in [6, 6.07) is 8.00. The normalized spacial score (nSPS) is 16.0. The average molecular weight is 332 g/mol. The highest BCUT2D eigenvalue weighted by atomic mass is 16.7. The molecule has 1 aromatic heterocycles. The van der Waals surface area contributed by atoms with Gasteiger partial charge in [-0.05, 0) is 25.0 Å². The van der Waals surface area contributed by atoms with Crippen LogP contribution in [0.4, 0.5) is 5.95 Å². The molecule has 0 aliphatic carbocycles. The number of ether oxygens (including phenoxy) is 2. The summed E-state index contributed by atoms with van der Waals surface area (Å²) >= 11 is 0. The molecule has 2 aromatic rings. The van der Waals surface area contributed by atoms with Crippen LogP contribution in [0.3, 0.4) is 0 Å². The number of fused-ring (bicyclic) bond motifs is 1. The number of methoxy groups -OCH3 is 2. The Morgan fingerprint density at radius 2 is 2.04 bits per heavy atom. The summed E-state index contributed by atoms with van der Waals surface area (Å²) in [6.07, 6.45) is 1.23. The van der Waals surface area contributed by atoms with E-state index in [0.29, 0.717) is 6.54 Å². The van der Waals surface area contributed by atoms with Gasteiger partial charge in [0.15, 0.2) is 6.29 Å². The molecule has 0 radical (unpaired) electrons. The molecule has 1 aromatic carbocycles. The number of carbonyl (C=O) groups is 1. The minimum Gasteiger partial charge on any atom is -0.354 e. The van der Waals surface area contributed by atoms with Gasteiger partial charge in [0.1, 0.15) is 0 Å². The molecular formula is C17H24N4O3. The first kappa shape index (κ1) is 16.7. The molecule has 3 rings (SSSR count). The highest BCUT2D eigenvalue weighted by molar-refractivity contribution is 5.79. The van der Waals surface area contributed by atoms with E-state index < -0.39 is 6.29 Å². The summed E-state index contributed by atoms with van der Waals surface area (Å²) in [4.78, 5) is 22.4. The van der Waals surface area contributed by atoms with Crippen molar-refractivity contribution in [3.8, 4) is 0 Å². The molecule has 1 fully saturated rings. The van der Waals surface area contributed by atoms with E-state index in [1.807, 2.05) is 24.3 Å². The van der Waals surface area contributed by atoms with Crippen LogP contribution in [-0.4, -0.2) is 56.0 Å². The number of rotatable bonds is 6. The Morgan fingerprint density at radius 3 is 2.71 bits per heavy atom. The molecule has 0 unspecified atom stereocenters. The van der Waals surface area contributed by atoms with Gasteiger partial charge in [0.2, 0.25) is 11.9 Å². The smallest absolute Gasteiger partial charge is 0.223 e. The fourth-order valence-electron chi connectivity index (χ4n) is 3.03. The third-order valence-electron chi connectivity index (χ3n) is 4.51. The summed E-state index contributed by atoms with van der Waals surface area (Å²) in [5.74, 6) is 0.979. The number of hydrogen-bond acceptors (Lipinski definition) is 5. The van der Waals surface area contributed by atoms with E-state index in [0.717, 1.165) is 42.9 Å². The molecule has 7 nitrogen and oxygen atoms in total. The number of imidazole rings is 1. The molecule has 0 saturated carbocycles. The minimum absolute atomic E-state index is 0.0278.